The third-order valence-corrected chi connectivity index (χ3v) is 4.01. The van der Waals surface area contributed by atoms with Gasteiger partial charge in [-0.3, -0.25) is 4.68 Å². The molecule has 0 bridgehead atoms. The number of aromatic nitrogens is 2. The Labute approximate surface area is 115 Å². The molecule has 2 aromatic rings. The Kier molecular flexibility index (Phi) is 3.76. The number of nitrogens with zero attached hydrogens (tertiary/aromatic N) is 2. The van der Waals surface area contributed by atoms with Crippen LogP contribution in [-0.4, -0.2) is 16.8 Å². The van der Waals surface area contributed by atoms with Crippen molar-refractivity contribution in [2.75, 3.05) is 7.05 Å². The monoisotopic (exact) mass is 257 g/mol. The molecule has 1 heterocycles. The first-order chi connectivity index (χ1) is 8.97. The molecule has 0 saturated heterocycles. The second-order valence-corrected chi connectivity index (χ2v) is 5.24. The van der Waals surface area contributed by atoms with Gasteiger partial charge in [-0.25, -0.2) is 0 Å². The van der Waals surface area contributed by atoms with Gasteiger partial charge in [-0.05, 0) is 57.0 Å². The topological polar surface area (TPSA) is 29.9 Å². The van der Waals surface area contributed by atoms with Crippen LogP contribution in [0.5, 0.6) is 0 Å². The summed E-state index contributed by atoms with van der Waals surface area (Å²) in [7, 11) is 3.99. The Morgan fingerprint density at radius 2 is 1.79 bits per heavy atom. The largest absolute Gasteiger partial charge is 0.314 e. The molecular formula is C16H23N3. The molecule has 0 fully saturated rings. The van der Waals surface area contributed by atoms with Gasteiger partial charge in [-0.2, -0.15) is 5.10 Å². The zero-order valence-electron chi connectivity index (χ0n) is 12.8. The van der Waals surface area contributed by atoms with Crippen molar-refractivity contribution in [1.29, 1.82) is 0 Å². The molecule has 0 unspecified atom stereocenters. The second-order valence-electron chi connectivity index (χ2n) is 5.24. The number of hydrogen-bond donors (Lipinski definition) is 1. The normalized spacial score (nSPS) is 11.1. The molecule has 0 aliphatic rings. The van der Waals surface area contributed by atoms with Crippen LogP contribution in [0.4, 0.5) is 0 Å². The van der Waals surface area contributed by atoms with Crippen molar-refractivity contribution in [2.45, 2.75) is 34.2 Å². The Hall–Kier alpha value is -1.61. The van der Waals surface area contributed by atoms with Crippen LogP contribution in [0, 0.1) is 27.7 Å². The fraction of sp³-hybridized carbons (Fsp3) is 0.438. The van der Waals surface area contributed by atoms with Gasteiger partial charge in [0.05, 0.1) is 11.4 Å². The Bertz CT molecular complexity index is 609. The van der Waals surface area contributed by atoms with E-state index in [0.717, 1.165) is 12.2 Å². The van der Waals surface area contributed by atoms with Gasteiger partial charge >= 0.3 is 0 Å². The Morgan fingerprint density at radius 3 is 2.42 bits per heavy atom. The maximum Gasteiger partial charge on any atom is 0.0675 e. The van der Waals surface area contributed by atoms with Crippen molar-refractivity contribution in [2.24, 2.45) is 7.05 Å². The average Bonchev–Trinajstić information content (AvgIpc) is 2.63. The summed E-state index contributed by atoms with van der Waals surface area (Å²) in [5.41, 5.74) is 8.99. The molecule has 0 aliphatic carbocycles. The molecule has 0 saturated carbocycles. The molecule has 3 heteroatoms. The quantitative estimate of drug-likeness (QED) is 0.916. The number of nitrogens with one attached hydrogen (secondary N) is 1. The van der Waals surface area contributed by atoms with Crippen LogP contribution < -0.4 is 5.32 Å². The van der Waals surface area contributed by atoms with E-state index in [9.17, 15) is 0 Å². The van der Waals surface area contributed by atoms with E-state index in [1.807, 2.05) is 18.8 Å². The SMILES string of the molecule is CNCc1c(-c2ccc(C)c(C)c2C)c(C)nn1C. The van der Waals surface area contributed by atoms with E-state index >= 15 is 0 Å². The van der Waals surface area contributed by atoms with Crippen LogP contribution >= 0.6 is 0 Å². The highest BCUT2D eigenvalue weighted by atomic mass is 15.3. The van der Waals surface area contributed by atoms with Gasteiger partial charge in [-0.1, -0.05) is 12.1 Å². The minimum Gasteiger partial charge on any atom is -0.314 e. The standard InChI is InChI=1S/C16H23N3/c1-10-7-8-14(12(3)11(10)2)16-13(4)18-19(6)15(16)9-17-5/h7-8,17H,9H2,1-6H3. The van der Waals surface area contributed by atoms with Crippen molar-refractivity contribution in [3.8, 4) is 11.1 Å². The molecule has 1 N–H and O–H groups in total. The number of rotatable bonds is 3. The molecule has 0 spiro atoms. The highest BCUT2D eigenvalue weighted by molar-refractivity contribution is 5.73. The van der Waals surface area contributed by atoms with Crippen molar-refractivity contribution in [3.05, 3.63) is 40.2 Å². The molecule has 1 aromatic heterocycles. The van der Waals surface area contributed by atoms with Crippen LogP contribution in [-0.2, 0) is 13.6 Å². The van der Waals surface area contributed by atoms with E-state index < -0.39 is 0 Å². The van der Waals surface area contributed by atoms with E-state index in [2.05, 4.69) is 50.2 Å². The van der Waals surface area contributed by atoms with E-state index in [1.54, 1.807) is 0 Å². The van der Waals surface area contributed by atoms with Gasteiger partial charge in [0.1, 0.15) is 0 Å². The summed E-state index contributed by atoms with van der Waals surface area (Å²) in [6.45, 7) is 9.48. The van der Waals surface area contributed by atoms with Gasteiger partial charge in [0.2, 0.25) is 0 Å². The minimum absolute atomic E-state index is 0.832. The van der Waals surface area contributed by atoms with Crippen molar-refractivity contribution < 1.29 is 0 Å². The predicted octanol–water partition coefficient (Wildman–Crippen LogP) is 3.04. The van der Waals surface area contributed by atoms with Crippen LogP contribution in [0.2, 0.25) is 0 Å². The number of hydrogen-bond acceptors (Lipinski definition) is 2. The van der Waals surface area contributed by atoms with E-state index in [4.69, 9.17) is 0 Å². The highest BCUT2D eigenvalue weighted by Crippen LogP contribution is 2.32. The summed E-state index contributed by atoms with van der Waals surface area (Å²) in [5, 5.41) is 7.81. The van der Waals surface area contributed by atoms with Gasteiger partial charge in [0, 0.05) is 19.2 Å². The third kappa shape index (κ3) is 2.30. The lowest BCUT2D eigenvalue weighted by atomic mass is 9.93. The van der Waals surface area contributed by atoms with Crippen molar-refractivity contribution in [1.82, 2.24) is 15.1 Å². The van der Waals surface area contributed by atoms with E-state index in [1.165, 1.54) is 33.5 Å². The zero-order chi connectivity index (χ0) is 14.2. The first kappa shape index (κ1) is 13.8. The fourth-order valence-corrected chi connectivity index (χ4v) is 2.65. The van der Waals surface area contributed by atoms with Gasteiger partial charge in [0.25, 0.3) is 0 Å². The first-order valence-electron chi connectivity index (χ1n) is 6.71. The fourth-order valence-electron chi connectivity index (χ4n) is 2.65. The van der Waals surface area contributed by atoms with E-state index in [-0.39, 0.29) is 0 Å². The van der Waals surface area contributed by atoms with E-state index in [0.29, 0.717) is 0 Å². The predicted molar refractivity (Wildman–Crippen MR) is 80.4 cm³/mol. The first-order valence-corrected chi connectivity index (χ1v) is 6.71. The maximum atomic E-state index is 4.58. The molecule has 1 aromatic carbocycles. The lowest BCUT2D eigenvalue weighted by Gasteiger charge is -2.13. The van der Waals surface area contributed by atoms with Gasteiger partial charge < -0.3 is 5.32 Å². The van der Waals surface area contributed by atoms with Crippen LogP contribution in [0.15, 0.2) is 12.1 Å². The number of aryl methyl sites for hydroxylation is 3. The summed E-state index contributed by atoms with van der Waals surface area (Å²) in [5.74, 6) is 0. The lowest BCUT2D eigenvalue weighted by Crippen LogP contribution is -2.11. The Balaban J connectivity index is 2.68. The maximum absolute atomic E-state index is 4.58. The molecule has 2 rings (SSSR count). The van der Waals surface area contributed by atoms with Crippen molar-refractivity contribution >= 4 is 0 Å². The summed E-state index contributed by atoms with van der Waals surface area (Å²) in [4.78, 5) is 0. The van der Waals surface area contributed by atoms with Crippen LogP contribution in [0.1, 0.15) is 28.1 Å². The molecule has 3 nitrogen and oxygen atoms in total. The zero-order valence-corrected chi connectivity index (χ0v) is 12.8. The summed E-state index contributed by atoms with van der Waals surface area (Å²) in [6, 6.07) is 4.42. The summed E-state index contributed by atoms with van der Waals surface area (Å²) >= 11 is 0. The van der Waals surface area contributed by atoms with Gasteiger partial charge in [0.15, 0.2) is 0 Å². The molecule has 0 radical (unpaired) electrons. The second kappa shape index (κ2) is 5.17. The smallest absolute Gasteiger partial charge is 0.0675 e. The molecule has 102 valence electrons. The third-order valence-electron chi connectivity index (χ3n) is 4.01. The summed E-state index contributed by atoms with van der Waals surface area (Å²) in [6.07, 6.45) is 0. The Morgan fingerprint density at radius 1 is 1.11 bits per heavy atom. The van der Waals surface area contributed by atoms with Crippen molar-refractivity contribution in [3.63, 3.8) is 0 Å². The molecule has 0 amide bonds. The minimum atomic E-state index is 0.832. The molecular weight excluding hydrogens is 234 g/mol. The molecule has 19 heavy (non-hydrogen) atoms. The van der Waals surface area contributed by atoms with Gasteiger partial charge in [-0.15, -0.1) is 0 Å². The molecule has 0 aliphatic heterocycles. The van der Waals surface area contributed by atoms with Crippen LogP contribution in [0.25, 0.3) is 11.1 Å². The molecule has 0 atom stereocenters. The lowest BCUT2D eigenvalue weighted by molar-refractivity contribution is 0.669. The average molecular weight is 257 g/mol. The summed E-state index contributed by atoms with van der Waals surface area (Å²) < 4.78 is 1.98. The van der Waals surface area contributed by atoms with Crippen LogP contribution in [0.3, 0.4) is 0 Å². The highest BCUT2D eigenvalue weighted by Gasteiger charge is 2.17. The number of benzene rings is 1.